The number of aliphatic hydroxyl groups excluding tert-OH is 1. The minimum absolute atomic E-state index is 0.148. The normalized spacial score (nSPS) is 21.7. The van der Waals surface area contributed by atoms with Crippen LogP contribution in [0.25, 0.3) is 0 Å². The Morgan fingerprint density at radius 3 is 2.70 bits per heavy atom. The molecule has 0 radical (unpaired) electrons. The van der Waals surface area contributed by atoms with Crippen LogP contribution in [0.3, 0.4) is 0 Å². The van der Waals surface area contributed by atoms with Crippen LogP contribution in [0.2, 0.25) is 0 Å². The molecule has 0 aliphatic carbocycles. The first-order valence-electron chi connectivity index (χ1n) is 9.20. The molecule has 27 heavy (non-hydrogen) atoms. The highest BCUT2D eigenvalue weighted by atomic mass is 16.3. The number of nitrogens with zero attached hydrogens (tertiary/aromatic N) is 3. The number of β-amino-alcohol motifs (C(OH)–C–C–N with tert-alkyl or cyclic N) is 1. The lowest BCUT2D eigenvalue weighted by Gasteiger charge is -2.33. The summed E-state index contributed by atoms with van der Waals surface area (Å²) in [4.78, 5) is 44.0. The van der Waals surface area contributed by atoms with Crippen molar-refractivity contribution in [2.45, 2.75) is 18.8 Å². The second kappa shape index (κ2) is 9.03. The number of anilines is 1. The molecule has 3 rings (SSSR count). The maximum atomic E-state index is 12.3. The standard InChI is InChI=1S/C18H25N5O4/c24-10-9-22-5-7-23(8-6-22)12-17(26)20-15-11-13(3-4-19-15)14-1-2-16(25)21-18(14)27/h3-4,11,14,24H,1-2,5-10,12H2,(H,19,20,26)(H,21,25,27). The highest BCUT2D eigenvalue weighted by molar-refractivity contribution is 6.01. The number of nitrogens with one attached hydrogen (secondary N) is 2. The number of hydrogen-bond donors (Lipinski definition) is 3. The number of hydrogen-bond acceptors (Lipinski definition) is 7. The van der Waals surface area contributed by atoms with E-state index in [2.05, 4.69) is 25.4 Å². The summed E-state index contributed by atoms with van der Waals surface area (Å²) in [6.07, 6.45) is 2.32. The van der Waals surface area contributed by atoms with Gasteiger partial charge in [-0.15, -0.1) is 0 Å². The van der Waals surface area contributed by atoms with Crippen LogP contribution in [-0.4, -0.2) is 83.5 Å². The highest BCUT2D eigenvalue weighted by Crippen LogP contribution is 2.25. The van der Waals surface area contributed by atoms with Crippen molar-refractivity contribution in [1.29, 1.82) is 0 Å². The number of pyridine rings is 1. The summed E-state index contributed by atoms with van der Waals surface area (Å²) in [6.45, 7) is 4.30. The number of aliphatic hydroxyl groups is 1. The lowest BCUT2D eigenvalue weighted by atomic mass is 9.91. The van der Waals surface area contributed by atoms with Gasteiger partial charge in [0.05, 0.1) is 19.1 Å². The molecule has 3 heterocycles. The monoisotopic (exact) mass is 375 g/mol. The largest absolute Gasteiger partial charge is 0.395 e. The van der Waals surface area contributed by atoms with Crippen LogP contribution < -0.4 is 10.6 Å². The van der Waals surface area contributed by atoms with Crippen LogP contribution in [0.5, 0.6) is 0 Å². The summed E-state index contributed by atoms with van der Waals surface area (Å²) in [5.41, 5.74) is 0.739. The molecule has 3 amide bonds. The van der Waals surface area contributed by atoms with Crippen LogP contribution in [0.1, 0.15) is 24.3 Å². The quantitative estimate of drug-likeness (QED) is 0.555. The molecule has 2 fully saturated rings. The molecule has 0 saturated carbocycles. The van der Waals surface area contributed by atoms with E-state index in [0.29, 0.717) is 25.2 Å². The van der Waals surface area contributed by atoms with E-state index in [1.165, 1.54) is 0 Å². The van der Waals surface area contributed by atoms with Gasteiger partial charge in [0.2, 0.25) is 17.7 Å². The lowest BCUT2D eigenvalue weighted by Crippen LogP contribution is -2.49. The van der Waals surface area contributed by atoms with Crippen molar-refractivity contribution in [2.24, 2.45) is 0 Å². The molecular weight excluding hydrogens is 350 g/mol. The Bertz CT molecular complexity index is 703. The Morgan fingerprint density at radius 1 is 1.26 bits per heavy atom. The third-order valence-electron chi connectivity index (χ3n) is 4.94. The van der Waals surface area contributed by atoms with Crippen molar-refractivity contribution in [3.8, 4) is 0 Å². The van der Waals surface area contributed by atoms with Crippen LogP contribution in [-0.2, 0) is 14.4 Å². The molecule has 0 bridgehead atoms. The Balaban J connectivity index is 1.53. The van der Waals surface area contributed by atoms with Crippen molar-refractivity contribution in [2.75, 3.05) is 51.2 Å². The summed E-state index contributed by atoms with van der Waals surface area (Å²) in [7, 11) is 0. The third-order valence-corrected chi connectivity index (χ3v) is 4.94. The summed E-state index contributed by atoms with van der Waals surface area (Å²) < 4.78 is 0. The molecule has 2 aliphatic rings. The summed E-state index contributed by atoms with van der Waals surface area (Å²) in [5, 5.41) is 14.1. The second-order valence-electron chi connectivity index (χ2n) is 6.87. The fraction of sp³-hybridized carbons (Fsp3) is 0.556. The molecule has 2 saturated heterocycles. The van der Waals surface area contributed by atoms with Gasteiger partial charge in [-0.2, -0.15) is 0 Å². The second-order valence-corrected chi connectivity index (χ2v) is 6.87. The fourth-order valence-corrected chi connectivity index (χ4v) is 3.44. The maximum absolute atomic E-state index is 12.3. The average Bonchev–Trinajstić information content (AvgIpc) is 2.64. The molecule has 3 N–H and O–H groups in total. The summed E-state index contributed by atoms with van der Waals surface area (Å²) >= 11 is 0. The molecular formula is C18H25N5O4. The minimum atomic E-state index is -0.402. The van der Waals surface area contributed by atoms with Crippen molar-refractivity contribution in [3.63, 3.8) is 0 Å². The molecule has 9 heteroatoms. The number of carbonyl (C=O) groups is 3. The number of carbonyl (C=O) groups excluding carboxylic acids is 3. The molecule has 0 spiro atoms. The molecule has 146 valence electrons. The number of amides is 3. The van der Waals surface area contributed by atoms with Crippen molar-refractivity contribution >= 4 is 23.5 Å². The molecule has 1 unspecified atom stereocenters. The average molecular weight is 375 g/mol. The van der Waals surface area contributed by atoms with Gasteiger partial charge in [0.1, 0.15) is 5.82 Å². The van der Waals surface area contributed by atoms with Gasteiger partial charge in [0.25, 0.3) is 0 Å². The lowest BCUT2D eigenvalue weighted by molar-refractivity contribution is -0.134. The van der Waals surface area contributed by atoms with Crippen molar-refractivity contribution in [1.82, 2.24) is 20.1 Å². The van der Waals surface area contributed by atoms with E-state index in [4.69, 9.17) is 5.11 Å². The number of aromatic nitrogens is 1. The van der Waals surface area contributed by atoms with E-state index in [1.54, 1.807) is 18.3 Å². The van der Waals surface area contributed by atoms with Gasteiger partial charge in [-0.3, -0.25) is 29.5 Å². The fourth-order valence-electron chi connectivity index (χ4n) is 3.44. The SMILES string of the molecule is O=C1CCC(c2ccnc(NC(=O)CN3CCN(CCO)CC3)c2)C(=O)N1. The van der Waals surface area contributed by atoms with Gasteiger partial charge in [-0.25, -0.2) is 4.98 Å². The molecule has 0 aromatic carbocycles. The van der Waals surface area contributed by atoms with E-state index in [1.807, 2.05) is 0 Å². The van der Waals surface area contributed by atoms with Crippen molar-refractivity contribution in [3.05, 3.63) is 23.9 Å². The Labute approximate surface area is 157 Å². The van der Waals surface area contributed by atoms with Crippen LogP contribution >= 0.6 is 0 Å². The van der Waals surface area contributed by atoms with E-state index >= 15 is 0 Å². The minimum Gasteiger partial charge on any atom is -0.395 e. The zero-order valence-electron chi connectivity index (χ0n) is 15.2. The van der Waals surface area contributed by atoms with E-state index in [0.717, 1.165) is 31.7 Å². The molecule has 2 aliphatic heterocycles. The molecule has 1 atom stereocenters. The highest BCUT2D eigenvalue weighted by Gasteiger charge is 2.28. The molecule has 1 aromatic rings. The van der Waals surface area contributed by atoms with Gasteiger partial charge in [0, 0.05) is 45.3 Å². The van der Waals surface area contributed by atoms with E-state index < -0.39 is 5.92 Å². The number of piperidine rings is 1. The predicted molar refractivity (Wildman–Crippen MR) is 98.0 cm³/mol. The maximum Gasteiger partial charge on any atom is 0.239 e. The smallest absolute Gasteiger partial charge is 0.239 e. The first-order chi connectivity index (χ1) is 13.0. The molecule has 9 nitrogen and oxygen atoms in total. The van der Waals surface area contributed by atoms with Gasteiger partial charge in [0.15, 0.2) is 0 Å². The summed E-state index contributed by atoms with van der Waals surface area (Å²) in [6, 6.07) is 3.42. The molecule has 1 aromatic heterocycles. The van der Waals surface area contributed by atoms with E-state index in [-0.39, 0.29) is 30.9 Å². The third kappa shape index (κ3) is 5.31. The Morgan fingerprint density at radius 2 is 2.00 bits per heavy atom. The van der Waals surface area contributed by atoms with Crippen LogP contribution in [0, 0.1) is 0 Å². The number of piperazine rings is 1. The first-order valence-corrected chi connectivity index (χ1v) is 9.20. The number of rotatable bonds is 6. The Hall–Kier alpha value is -2.36. The topological polar surface area (TPSA) is 115 Å². The van der Waals surface area contributed by atoms with E-state index in [9.17, 15) is 14.4 Å². The zero-order valence-corrected chi connectivity index (χ0v) is 15.2. The zero-order chi connectivity index (χ0) is 19.2. The van der Waals surface area contributed by atoms with Crippen molar-refractivity contribution < 1.29 is 19.5 Å². The van der Waals surface area contributed by atoms with Gasteiger partial charge in [-0.05, 0) is 24.1 Å². The Kier molecular flexibility index (Phi) is 6.49. The first kappa shape index (κ1) is 19.4. The summed E-state index contributed by atoms with van der Waals surface area (Å²) in [5.74, 6) is -0.714. The van der Waals surface area contributed by atoms with Gasteiger partial charge in [-0.1, -0.05) is 0 Å². The predicted octanol–water partition coefficient (Wildman–Crippen LogP) is -0.850. The van der Waals surface area contributed by atoms with Crippen LogP contribution in [0.4, 0.5) is 5.82 Å². The number of imide groups is 1. The van der Waals surface area contributed by atoms with Crippen LogP contribution in [0.15, 0.2) is 18.3 Å². The van der Waals surface area contributed by atoms with Gasteiger partial charge >= 0.3 is 0 Å². The van der Waals surface area contributed by atoms with Gasteiger partial charge < -0.3 is 10.4 Å².